The molecular formula is C14H16FN3O3S. The Balaban J connectivity index is 2.25. The van der Waals surface area contributed by atoms with Gasteiger partial charge in [0, 0.05) is 12.2 Å². The van der Waals surface area contributed by atoms with E-state index in [2.05, 4.69) is 5.10 Å². The SMILES string of the molecule is Cc1ccc(S(=O)(=O)NC(=O)c2ccn(C(C)C)n2)c(F)c1. The lowest BCUT2D eigenvalue weighted by molar-refractivity contribution is 0.0975. The second-order valence-corrected chi connectivity index (χ2v) is 6.79. The fourth-order valence-electron chi connectivity index (χ4n) is 1.80. The van der Waals surface area contributed by atoms with Crippen molar-refractivity contribution >= 4 is 15.9 Å². The van der Waals surface area contributed by atoms with E-state index in [9.17, 15) is 17.6 Å². The van der Waals surface area contributed by atoms with Crippen molar-refractivity contribution in [3.8, 4) is 0 Å². The van der Waals surface area contributed by atoms with Crippen molar-refractivity contribution in [1.82, 2.24) is 14.5 Å². The predicted molar refractivity (Wildman–Crippen MR) is 78.4 cm³/mol. The van der Waals surface area contributed by atoms with Crippen molar-refractivity contribution < 1.29 is 17.6 Å². The molecule has 1 aromatic heterocycles. The zero-order chi connectivity index (χ0) is 16.5. The van der Waals surface area contributed by atoms with Crippen molar-refractivity contribution in [2.75, 3.05) is 0 Å². The van der Waals surface area contributed by atoms with Gasteiger partial charge in [-0.25, -0.2) is 17.5 Å². The molecule has 0 radical (unpaired) electrons. The Kier molecular flexibility index (Phi) is 4.32. The van der Waals surface area contributed by atoms with Gasteiger partial charge in [0.1, 0.15) is 10.7 Å². The number of nitrogens with one attached hydrogen (secondary N) is 1. The monoisotopic (exact) mass is 325 g/mol. The van der Waals surface area contributed by atoms with Crippen LogP contribution in [0.5, 0.6) is 0 Å². The van der Waals surface area contributed by atoms with Gasteiger partial charge in [-0.3, -0.25) is 9.48 Å². The summed E-state index contributed by atoms with van der Waals surface area (Å²) in [5.41, 5.74) is 0.531. The van der Waals surface area contributed by atoms with Crippen molar-refractivity contribution in [3.05, 3.63) is 47.5 Å². The first-order valence-electron chi connectivity index (χ1n) is 6.59. The van der Waals surface area contributed by atoms with Gasteiger partial charge in [-0.2, -0.15) is 5.10 Å². The largest absolute Gasteiger partial charge is 0.285 e. The third-order valence-electron chi connectivity index (χ3n) is 2.97. The molecule has 0 spiro atoms. The number of sulfonamides is 1. The van der Waals surface area contributed by atoms with Gasteiger partial charge >= 0.3 is 0 Å². The average molecular weight is 325 g/mol. The van der Waals surface area contributed by atoms with Crippen LogP contribution in [0.1, 0.15) is 35.9 Å². The molecule has 0 saturated heterocycles. The molecule has 1 aromatic carbocycles. The zero-order valence-electron chi connectivity index (χ0n) is 12.4. The molecule has 1 N–H and O–H groups in total. The number of aryl methyl sites for hydroxylation is 1. The molecule has 0 aliphatic rings. The summed E-state index contributed by atoms with van der Waals surface area (Å²) in [6.07, 6.45) is 1.57. The maximum absolute atomic E-state index is 13.8. The van der Waals surface area contributed by atoms with E-state index >= 15 is 0 Å². The fraction of sp³-hybridized carbons (Fsp3) is 0.286. The van der Waals surface area contributed by atoms with Crippen LogP contribution >= 0.6 is 0 Å². The maximum atomic E-state index is 13.8. The highest BCUT2D eigenvalue weighted by atomic mass is 32.2. The van der Waals surface area contributed by atoms with Crippen LogP contribution in [-0.2, 0) is 10.0 Å². The number of hydrogen-bond donors (Lipinski definition) is 1. The molecule has 2 rings (SSSR count). The first-order chi connectivity index (χ1) is 10.2. The van der Waals surface area contributed by atoms with E-state index in [0.717, 1.165) is 12.1 Å². The minimum atomic E-state index is -4.29. The molecule has 0 fully saturated rings. The summed E-state index contributed by atoms with van der Waals surface area (Å²) < 4.78 is 41.3. The first kappa shape index (κ1) is 16.2. The second-order valence-electron chi connectivity index (χ2n) is 5.14. The van der Waals surface area contributed by atoms with Crippen LogP contribution in [0.15, 0.2) is 35.4 Å². The third kappa shape index (κ3) is 3.33. The van der Waals surface area contributed by atoms with Gasteiger partial charge in [0.15, 0.2) is 5.69 Å². The maximum Gasteiger partial charge on any atom is 0.285 e. The Hall–Kier alpha value is -2.22. The summed E-state index contributed by atoms with van der Waals surface area (Å²) in [5, 5.41) is 3.97. The number of carbonyl (C=O) groups is 1. The summed E-state index contributed by atoms with van der Waals surface area (Å²) in [6.45, 7) is 5.37. The van der Waals surface area contributed by atoms with E-state index < -0.39 is 26.6 Å². The van der Waals surface area contributed by atoms with E-state index in [-0.39, 0.29) is 11.7 Å². The van der Waals surface area contributed by atoms with E-state index in [4.69, 9.17) is 0 Å². The van der Waals surface area contributed by atoms with Crippen LogP contribution in [0.3, 0.4) is 0 Å². The number of benzene rings is 1. The van der Waals surface area contributed by atoms with Crippen molar-refractivity contribution in [1.29, 1.82) is 0 Å². The molecular weight excluding hydrogens is 309 g/mol. The van der Waals surface area contributed by atoms with E-state index in [1.54, 1.807) is 13.1 Å². The lowest BCUT2D eigenvalue weighted by atomic mass is 10.2. The lowest BCUT2D eigenvalue weighted by Crippen LogP contribution is -2.31. The van der Waals surface area contributed by atoms with Crippen LogP contribution in [0.25, 0.3) is 0 Å². The average Bonchev–Trinajstić information content (AvgIpc) is 2.87. The predicted octanol–water partition coefficient (Wildman–Crippen LogP) is 2.03. The molecule has 1 heterocycles. The van der Waals surface area contributed by atoms with Gasteiger partial charge in [-0.05, 0) is 44.5 Å². The number of amides is 1. The van der Waals surface area contributed by atoms with Gasteiger partial charge in [0.2, 0.25) is 0 Å². The molecule has 0 atom stereocenters. The molecule has 0 bridgehead atoms. The topological polar surface area (TPSA) is 81.1 Å². The molecule has 0 aliphatic carbocycles. The van der Waals surface area contributed by atoms with Gasteiger partial charge in [0.25, 0.3) is 15.9 Å². The highest BCUT2D eigenvalue weighted by Crippen LogP contribution is 2.16. The Morgan fingerprint density at radius 3 is 2.55 bits per heavy atom. The molecule has 6 nitrogen and oxygen atoms in total. The summed E-state index contributed by atoms with van der Waals surface area (Å²) in [5.74, 6) is -1.81. The Morgan fingerprint density at radius 2 is 2.00 bits per heavy atom. The number of nitrogens with zero attached hydrogens (tertiary/aromatic N) is 2. The van der Waals surface area contributed by atoms with Gasteiger partial charge < -0.3 is 0 Å². The smallest absolute Gasteiger partial charge is 0.269 e. The normalized spacial score (nSPS) is 11.7. The van der Waals surface area contributed by atoms with Crippen molar-refractivity contribution in [2.24, 2.45) is 0 Å². The Bertz CT molecular complexity index is 812. The van der Waals surface area contributed by atoms with Crippen molar-refractivity contribution in [2.45, 2.75) is 31.7 Å². The molecule has 0 unspecified atom stereocenters. The summed E-state index contributed by atoms with van der Waals surface area (Å²) in [6, 6.07) is 5.10. The van der Waals surface area contributed by atoms with Gasteiger partial charge in [-0.1, -0.05) is 6.07 Å². The molecule has 1 amide bonds. The number of aromatic nitrogens is 2. The summed E-state index contributed by atoms with van der Waals surface area (Å²) in [7, 11) is -4.29. The lowest BCUT2D eigenvalue weighted by Gasteiger charge is -2.07. The number of hydrogen-bond acceptors (Lipinski definition) is 4. The minimum absolute atomic E-state index is 0.0349. The molecule has 8 heteroatoms. The molecule has 0 saturated carbocycles. The first-order valence-corrected chi connectivity index (χ1v) is 8.07. The second kappa shape index (κ2) is 5.88. The quantitative estimate of drug-likeness (QED) is 0.932. The van der Waals surface area contributed by atoms with Crippen LogP contribution < -0.4 is 4.72 Å². The number of rotatable bonds is 4. The van der Waals surface area contributed by atoms with E-state index in [0.29, 0.717) is 5.56 Å². The molecule has 2 aromatic rings. The summed E-state index contributed by atoms with van der Waals surface area (Å²) >= 11 is 0. The van der Waals surface area contributed by atoms with Gasteiger partial charge in [0.05, 0.1) is 0 Å². The van der Waals surface area contributed by atoms with E-state index in [1.807, 2.05) is 18.6 Å². The van der Waals surface area contributed by atoms with E-state index in [1.165, 1.54) is 16.8 Å². The number of halogens is 1. The number of carbonyl (C=O) groups excluding carboxylic acids is 1. The van der Waals surface area contributed by atoms with Crippen LogP contribution in [-0.4, -0.2) is 24.1 Å². The van der Waals surface area contributed by atoms with Gasteiger partial charge in [-0.15, -0.1) is 0 Å². The Morgan fingerprint density at radius 1 is 1.32 bits per heavy atom. The molecule has 22 heavy (non-hydrogen) atoms. The van der Waals surface area contributed by atoms with Crippen LogP contribution in [0.2, 0.25) is 0 Å². The Labute approximate surface area is 128 Å². The minimum Gasteiger partial charge on any atom is -0.269 e. The molecule has 118 valence electrons. The fourth-order valence-corrected chi connectivity index (χ4v) is 2.82. The standard InChI is InChI=1S/C14H16FN3O3S/c1-9(2)18-7-6-12(16-18)14(19)17-22(20,21)13-5-4-10(3)8-11(13)15/h4-9H,1-3H3,(H,17,19). The highest BCUT2D eigenvalue weighted by molar-refractivity contribution is 7.90. The third-order valence-corrected chi connectivity index (χ3v) is 4.34. The van der Waals surface area contributed by atoms with Crippen molar-refractivity contribution in [3.63, 3.8) is 0 Å². The highest BCUT2D eigenvalue weighted by Gasteiger charge is 2.23. The zero-order valence-corrected chi connectivity index (χ0v) is 13.2. The van der Waals surface area contributed by atoms with Crippen LogP contribution in [0, 0.1) is 12.7 Å². The molecule has 0 aliphatic heterocycles. The summed E-state index contributed by atoms with van der Waals surface area (Å²) in [4.78, 5) is 11.4. The van der Waals surface area contributed by atoms with Crippen LogP contribution in [0.4, 0.5) is 4.39 Å².